The van der Waals surface area contributed by atoms with E-state index in [1.54, 1.807) is 0 Å². The highest BCUT2D eigenvalue weighted by Gasteiger charge is 2.22. The van der Waals surface area contributed by atoms with Crippen LogP contribution >= 0.6 is 12.4 Å². The number of nitrogens with two attached hydrogens (primary N) is 1. The fraction of sp³-hybridized carbons (Fsp3) is 0.364. The van der Waals surface area contributed by atoms with E-state index in [1.165, 1.54) is 14.2 Å². The van der Waals surface area contributed by atoms with Gasteiger partial charge < -0.3 is 20.3 Å². The minimum Gasteiger partial charge on any atom is -0.504 e. The van der Waals surface area contributed by atoms with Crippen molar-refractivity contribution in [3.63, 3.8) is 0 Å². The fourth-order valence-corrected chi connectivity index (χ4v) is 1.53. The molecule has 0 aliphatic heterocycles. The van der Waals surface area contributed by atoms with Gasteiger partial charge in [-0.1, -0.05) is 0 Å². The second-order valence-electron chi connectivity index (χ2n) is 3.73. The zero-order valence-corrected chi connectivity index (χ0v) is 11.7. The molecular weight excluding hydrogens is 292 g/mol. The largest absolute Gasteiger partial charge is 0.504 e. The van der Waals surface area contributed by atoms with Gasteiger partial charge in [0.25, 0.3) is 5.69 Å². The molecule has 0 radical (unpaired) electrons. The summed E-state index contributed by atoms with van der Waals surface area (Å²) in [5.41, 5.74) is 5.49. The molecule has 0 spiro atoms. The topological polar surface area (TPSA) is 125 Å². The Bertz CT molecular complexity index is 508. The molecule has 0 amide bonds. The number of hydrogen-bond acceptors (Lipinski definition) is 7. The van der Waals surface area contributed by atoms with E-state index < -0.39 is 16.9 Å². The van der Waals surface area contributed by atoms with Crippen molar-refractivity contribution in [3.05, 3.63) is 27.8 Å². The first-order valence-corrected chi connectivity index (χ1v) is 5.28. The Balaban J connectivity index is 0.00000361. The maximum absolute atomic E-state index is 11.1. The minimum atomic E-state index is -0.929. The number of carbonyl (C=O) groups excluding carboxylic acids is 1. The summed E-state index contributed by atoms with van der Waals surface area (Å²) in [6.45, 7) is 0. The first-order chi connectivity index (χ1) is 8.90. The van der Waals surface area contributed by atoms with E-state index in [9.17, 15) is 20.0 Å². The number of aromatic hydroxyl groups is 1. The molecule has 0 aliphatic rings. The predicted octanol–water partition coefficient (Wildman–Crippen LogP) is 1.29. The molecule has 3 N–H and O–H groups in total. The maximum atomic E-state index is 11.1. The molecule has 1 aromatic carbocycles. The van der Waals surface area contributed by atoms with E-state index >= 15 is 0 Å². The van der Waals surface area contributed by atoms with Crippen LogP contribution in [0, 0.1) is 10.1 Å². The standard InChI is InChI=1S/C11H14N2O6.ClH/c1-18-9-4-6(13(16)17)3-7(11(9)15)8(12)5-10(14)19-2;/h3-4,8,15H,5,12H2,1-2H3;1H/t8-;/m1./s1. The van der Waals surface area contributed by atoms with Crippen LogP contribution in [0.1, 0.15) is 18.0 Å². The lowest BCUT2D eigenvalue weighted by Crippen LogP contribution is -2.16. The summed E-state index contributed by atoms with van der Waals surface area (Å²) in [5, 5.41) is 20.6. The molecule has 1 atom stereocenters. The summed E-state index contributed by atoms with van der Waals surface area (Å²) in [4.78, 5) is 21.3. The molecule has 0 unspecified atom stereocenters. The summed E-state index contributed by atoms with van der Waals surface area (Å²) in [6, 6.07) is 1.25. The number of non-ortho nitro benzene ring substituents is 1. The number of nitro benzene ring substituents is 1. The highest BCUT2D eigenvalue weighted by atomic mass is 35.5. The summed E-state index contributed by atoms with van der Waals surface area (Å²) < 4.78 is 9.28. The molecule has 9 heteroatoms. The zero-order valence-electron chi connectivity index (χ0n) is 10.9. The number of phenolic OH excluding ortho intramolecular Hbond substituents is 1. The van der Waals surface area contributed by atoms with Crippen LogP contribution in [0.3, 0.4) is 0 Å². The van der Waals surface area contributed by atoms with Gasteiger partial charge in [0.2, 0.25) is 0 Å². The van der Waals surface area contributed by atoms with Gasteiger partial charge in [-0.05, 0) is 0 Å². The lowest BCUT2D eigenvalue weighted by Gasteiger charge is -2.14. The van der Waals surface area contributed by atoms with E-state index in [-0.39, 0.29) is 41.6 Å². The van der Waals surface area contributed by atoms with Crippen molar-refractivity contribution in [3.8, 4) is 11.5 Å². The summed E-state index contributed by atoms with van der Waals surface area (Å²) in [7, 11) is 2.46. The summed E-state index contributed by atoms with van der Waals surface area (Å²) in [6.07, 6.45) is -0.214. The van der Waals surface area contributed by atoms with Crippen LogP contribution in [0.25, 0.3) is 0 Å². The molecule has 0 bridgehead atoms. The number of phenols is 1. The number of esters is 1. The average Bonchev–Trinajstić information content (AvgIpc) is 2.38. The van der Waals surface area contributed by atoms with Gasteiger partial charge in [-0.25, -0.2) is 0 Å². The fourth-order valence-electron chi connectivity index (χ4n) is 1.53. The Labute approximate surface area is 121 Å². The van der Waals surface area contributed by atoms with Crippen molar-refractivity contribution in [1.82, 2.24) is 0 Å². The molecule has 0 heterocycles. The van der Waals surface area contributed by atoms with Crippen LogP contribution in [0.15, 0.2) is 12.1 Å². The maximum Gasteiger partial charge on any atom is 0.307 e. The van der Waals surface area contributed by atoms with Gasteiger partial charge >= 0.3 is 5.97 Å². The van der Waals surface area contributed by atoms with Gasteiger partial charge in [0, 0.05) is 17.7 Å². The van der Waals surface area contributed by atoms with Crippen molar-refractivity contribution >= 4 is 24.1 Å². The van der Waals surface area contributed by atoms with Crippen molar-refractivity contribution in [2.45, 2.75) is 12.5 Å². The van der Waals surface area contributed by atoms with E-state index in [1.807, 2.05) is 0 Å². The molecule has 8 nitrogen and oxygen atoms in total. The minimum absolute atomic E-state index is 0. The third kappa shape index (κ3) is 3.97. The number of halogens is 1. The second-order valence-corrected chi connectivity index (χ2v) is 3.73. The van der Waals surface area contributed by atoms with Crippen LogP contribution in [-0.4, -0.2) is 30.2 Å². The number of carbonyl (C=O) groups is 1. The highest BCUT2D eigenvalue weighted by Crippen LogP contribution is 2.37. The van der Waals surface area contributed by atoms with Crippen LogP contribution < -0.4 is 10.5 Å². The number of methoxy groups -OCH3 is 2. The van der Waals surface area contributed by atoms with Gasteiger partial charge in [0.05, 0.1) is 31.6 Å². The molecule has 0 saturated heterocycles. The Hall–Kier alpha value is -2.06. The van der Waals surface area contributed by atoms with E-state index in [0.717, 1.165) is 12.1 Å². The lowest BCUT2D eigenvalue weighted by molar-refractivity contribution is -0.385. The first-order valence-electron chi connectivity index (χ1n) is 5.28. The number of benzene rings is 1. The molecule has 20 heavy (non-hydrogen) atoms. The van der Waals surface area contributed by atoms with Gasteiger partial charge in [0.15, 0.2) is 11.5 Å². The van der Waals surface area contributed by atoms with Crippen molar-refractivity contribution in [2.75, 3.05) is 14.2 Å². The van der Waals surface area contributed by atoms with Crippen LogP contribution in [0.2, 0.25) is 0 Å². The molecule has 112 valence electrons. The molecule has 0 aliphatic carbocycles. The Morgan fingerprint density at radius 1 is 1.50 bits per heavy atom. The molecular formula is C11H15ClN2O6. The van der Waals surface area contributed by atoms with Crippen molar-refractivity contribution in [1.29, 1.82) is 0 Å². The molecule has 1 aromatic rings. The first kappa shape index (κ1) is 17.9. The summed E-state index contributed by atoms with van der Waals surface area (Å²) >= 11 is 0. The van der Waals surface area contributed by atoms with Crippen LogP contribution in [0.5, 0.6) is 11.5 Å². The van der Waals surface area contributed by atoms with Crippen LogP contribution in [-0.2, 0) is 9.53 Å². The van der Waals surface area contributed by atoms with E-state index in [4.69, 9.17) is 10.5 Å². The van der Waals surface area contributed by atoms with Gasteiger partial charge in [0.1, 0.15) is 0 Å². The lowest BCUT2D eigenvalue weighted by atomic mass is 10.0. The van der Waals surface area contributed by atoms with Crippen molar-refractivity contribution < 1.29 is 24.3 Å². The third-order valence-corrected chi connectivity index (χ3v) is 2.53. The number of hydrogen-bond donors (Lipinski definition) is 2. The molecule has 0 saturated carbocycles. The number of nitro groups is 1. The third-order valence-electron chi connectivity index (χ3n) is 2.53. The van der Waals surface area contributed by atoms with Gasteiger partial charge in [-0.3, -0.25) is 14.9 Å². The molecule has 1 rings (SSSR count). The highest BCUT2D eigenvalue weighted by molar-refractivity contribution is 5.85. The van der Waals surface area contributed by atoms with E-state index in [0.29, 0.717) is 0 Å². The quantitative estimate of drug-likeness (QED) is 0.477. The number of ether oxygens (including phenoxy) is 2. The number of nitrogens with zero attached hydrogens (tertiary/aromatic N) is 1. The Morgan fingerprint density at radius 2 is 2.10 bits per heavy atom. The normalized spacial score (nSPS) is 11.2. The monoisotopic (exact) mass is 306 g/mol. The Kier molecular flexibility index (Phi) is 6.74. The Morgan fingerprint density at radius 3 is 2.55 bits per heavy atom. The second kappa shape index (κ2) is 7.51. The predicted molar refractivity (Wildman–Crippen MR) is 72.1 cm³/mol. The van der Waals surface area contributed by atoms with Crippen LogP contribution in [0.4, 0.5) is 5.69 Å². The van der Waals surface area contributed by atoms with E-state index in [2.05, 4.69) is 4.74 Å². The van der Waals surface area contributed by atoms with Gasteiger partial charge in [-0.2, -0.15) is 0 Å². The van der Waals surface area contributed by atoms with Crippen molar-refractivity contribution in [2.24, 2.45) is 5.73 Å². The SMILES string of the molecule is COC(=O)C[C@@H](N)c1cc([N+](=O)[O-])cc(OC)c1O.Cl. The number of rotatable bonds is 5. The van der Waals surface area contributed by atoms with Gasteiger partial charge in [-0.15, -0.1) is 12.4 Å². The zero-order chi connectivity index (χ0) is 14.6. The molecule has 0 aromatic heterocycles. The summed E-state index contributed by atoms with van der Waals surface area (Å²) in [5.74, 6) is -0.994. The molecule has 0 fully saturated rings. The smallest absolute Gasteiger partial charge is 0.307 e. The average molecular weight is 307 g/mol.